The Balaban J connectivity index is 2.10. The third-order valence-corrected chi connectivity index (χ3v) is 3.78. The Hall–Kier alpha value is -2.24. The molecule has 2 atom stereocenters. The SMILES string of the molecule is COc1ccc(C[C@H](NC(=O)OC(C)(C)C)C2CCOC2=O)cc1. The molecule has 1 aliphatic rings. The van der Waals surface area contributed by atoms with Crippen molar-refractivity contribution >= 4 is 12.1 Å². The van der Waals surface area contributed by atoms with Crippen LogP contribution in [-0.2, 0) is 20.7 Å². The second kappa shape index (κ2) is 7.55. The largest absolute Gasteiger partial charge is 0.497 e. The maximum Gasteiger partial charge on any atom is 0.407 e. The van der Waals surface area contributed by atoms with Gasteiger partial charge in [-0.1, -0.05) is 12.1 Å². The highest BCUT2D eigenvalue weighted by Crippen LogP contribution is 2.23. The van der Waals surface area contributed by atoms with E-state index < -0.39 is 11.7 Å². The first-order valence-corrected chi connectivity index (χ1v) is 8.07. The second-order valence-corrected chi connectivity index (χ2v) is 6.87. The maximum absolute atomic E-state index is 12.1. The van der Waals surface area contributed by atoms with Crippen molar-refractivity contribution in [3.8, 4) is 5.75 Å². The van der Waals surface area contributed by atoms with Crippen molar-refractivity contribution in [3.05, 3.63) is 29.8 Å². The number of esters is 1. The molecule has 24 heavy (non-hydrogen) atoms. The van der Waals surface area contributed by atoms with Crippen molar-refractivity contribution < 1.29 is 23.8 Å². The Labute approximate surface area is 142 Å². The van der Waals surface area contributed by atoms with Crippen LogP contribution < -0.4 is 10.1 Å². The molecule has 1 N–H and O–H groups in total. The summed E-state index contributed by atoms with van der Waals surface area (Å²) in [5.74, 6) is 0.125. The lowest BCUT2D eigenvalue weighted by Crippen LogP contribution is -2.45. The molecule has 1 aromatic rings. The van der Waals surface area contributed by atoms with Crippen molar-refractivity contribution in [1.29, 1.82) is 0 Å². The first-order chi connectivity index (χ1) is 11.3. The topological polar surface area (TPSA) is 73.9 Å². The van der Waals surface area contributed by atoms with Gasteiger partial charge in [0.15, 0.2) is 0 Å². The summed E-state index contributed by atoms with van der Waals surface area (Å²) in [4.78, 5) is 24.1. The van der Waals surface area contributed by atoms with Gasteiger partial charge >= 0.3 is 12.1 Å². The van der Waals surface area contributed by atoms with Crippen LogP contribution in [0.15, 0.2) is 24.3 Å². The number of hydrogen-bond donors (Lipinski definition) is 1. The van der Waals surface area contributed by atoms with Gasteiger partial charge in [0.2, 0.25) is 0 Å². The van der Waals surface area contributed by atoms with E-state index in [0.29, 0.717) is 19.4 Å². The lowest BCUT2D eigenvalue weighted by atomic mass is 9.92. The summed E-state index contributed by atoms with van der Waals surface area (Å²) < 4.78 is 15.5. The molecule has 1 amide bonds. The maximum atomic E-state index is 12.1. The molecule has 1 unspecified atom stereocenters. The number of nitrogens with one attached hydrogen (secondary N) is 1. The molecule has 6 nitrogen and oxygen atoms in total. The highest BCUT2D eigenvalue weighted by Gasteiger charge is 2.36. The van der Waals surface area contributed by atoms with Crippen LogP contribution >= 0.6 is 0 Å². The zero-order valence-electron chi connectivity index (χ0n) is 14.6. The van der Waals surface area contributed by atoms with E-state index in [1.165, 1.54) is 0 Å². The van der Waals surface area contributed by atoms with Crippen molar-refractivity contribution in [3.63, 3.8) is 0 Å². The third-order valence-electron chi connectivity index (χ3n) is 3.78. The highest BCUT2D eigenvalue weighted by atomic mass is 16.6. The number of carbonyl (C=O) groups is 2. The average Bonchev–Trinajstić information content (AvgIpc) is 2.91. The Morgan fingerprint density at radius 1 is 1.33 bits per heavy atom. The van der Waals surface area contributed by atoms with Crippen LogP contribution in [0, 0.1) is 5.92 Å². The number of carbonyl (C=O) groups excluding carboxylic acids is 2. The lowest BCUT2D eigenvalue weighted by molar-refractivity contribution is -0.141. The monoisotopic (exact) mass is 335 g/mol. The number of amides is 1. The van der Waals surface area contributed by atoms with Crippen molar-refractivity contribution in [1.82, 2.24) is 5.32 Å². The van der Waals surface area contributed by atoms with E-state index in [9.17, 15) is 9.59 Å². The van der Waals surface area contributed by atoms with E-state index >= 15 is 0 Å². The van der Waals surface area contributed by atoms with Crippen LogP contribution in [0.25, 0.3) is 0 Å². The fourth-order valence-electron chi connectivity index (χ4n) is 2.65. The van der Waals surface area contributed by atoms with Gasteiger partial charge in [-0.15, -0.1) is 0 Å². The van der Waals surface area contributed by atoms with Gasteiger partial charge in [0.25, 0.3) is 0 Å². The summed E-state index contributed by atoms with van der Waals surface area (Å²) >= 11 is 0. The van der Waals surface area contributed by atoms with Gasteiger partial charge in [0.1, 0.15) is 11.4 Å². The molecule has 1 saturated heterocycles. The molecule has 0 radical (unpaired) electrons. The molecule has 1 aliphatic heterocycles. The zero-order chi connectivity index (χ0) is 17.7. The van der Waals surface area contributed by atoms with E-state index in [4.69, 9.17) is 14.2 Å². The summed E-state index contributed by atoms with van der Waals surface area (Å²) in [6, 6.07) is 7.18. The summed E-state index contributed by atoms with van der Waals surface area (Å²) in [5, 5.41) is 2.83. The predicted octanol–water partition coefficient (Wildman–Crippen LogP) is 2.69. The van der Waals surface area contributed by atoms with E-state index in [0.717, 1.165) is 11.3 Å². The van der Waals surface area contributed by atoms with Gasteiger partial charge in [-0.05, 0) is 51.3 Å². The number of hydrogen-bond acceptors (Lipinski definition) is 5. The molecular weight excluding hydrogens is 310 g/mol. The van der Waals surface area contributed by atoms with Crippen LogP contribution in [0.5, 0.6) is 5.75 Å². The molecule has 1 heterocycles. The fraction of sp³-hybridized carbons (Fsp3) is 0.556. The van der Waals surface area contributed by atoms with Gasteiger partial charge < -0.3 is 19.5 Å². The second-order valence-electron chi connectivity index (χ2n) is 6.87. The zero-order valence-corrected chi connectivity index (χ0v) is 14.6. The van der Waals surface area contributed by atoms with Crippen molar-refractivity contribution in [2.24, 2.45) is 5.92 Å². The number of rotatable bonds is 5. The molecule has 0 aromatic heterocycles. The Bertz CT molecular complexity index is 576. The van der Waals surface area contributed by atoms with Gasteiger partial charge in [-0.25, -0.2) is 4.79 Å². The molecule has 6 heteroatoms. The molecule has 0 saturated carbocycles. The number of methoxy groups -OCH3 is 1. The molecule has 0 aliphatic carbocycles. The average molecular weight is 335 g/mol. The molecule has 2 rings (SSSR count). The third kappa shape index (κ3) is 5.15. The quantitative estimate of drug-likeness (QED) is 0.838. The van der Waals surface area contributed by atoms with Crippen LogP contribution in [0.3, 0.4) is 0 Å². The number of benzene rings is 1. The normalized spacial score (nSPS) is 18.7. The summed E-state index contributed by atoms with van der Waals surface area (Å²) in [6.07, 6.45) is 0.582. The van der Waals surface area contributed by atoms with Gasteiger partial charge in [0.05, 0.1) is 19.6 Å². The Morgan fingerprint density at radius 3 is 2.50 bits per heavy atom. The highest BCUT2D eigenvalue weighted by molar-refractivity contribution is 5.76. The summed E-state index contributed by atoms with van der Waals surface area (Å²) in [5.41, 5.74) is 0.404. The smallest absolute Gasteiger partial charge is 0.407 e. The van der Waals surface area contributed by atoms with E-state index in [2.05, 4.69) is 5.32 Å². The van der Waals surface area contributed by atoms with Gasteiger partial charge in [-0.3, -0.25) is 4.79 Å². The first kappa shape index (κ1) is 18.1. The van der Waals surface area contributed by atoms with Crippen LogP contribution in [-0.4, -0.2) is 37.4 Å². The molecule has 0 spiro atoms. The minimum Gasteiger partial charge on any atom is -0.497 e. The van der Waals surface area contributed by atoms with E-state index in [-0.39, 0.29) is 17.9 Å². The minimum absolute atomic E-state index is 0.274. The predicted molar refractivity (Wildman–Crippen MR) is 88.9 cm³/mol. The number of alkyl carbamates (subject to hydrolysis) is 1. The number of cyclic esters (lactones) is 1. The minimum atomic E-state index is -0.592. The van der Waals surface area contributed by atoms with E-state index in [1.807, 2.05) is 24.3 Å². The summed E-state index contributed by atoms with van der Waals surface area (Å²) in [7, 11) is 1.61. The summed E-state index contributed by atoms with van der Waals surface area (Å²) in [6.45, 7) is 5.79. The van der Waals surface area contributed by atoms with Gasteiger partial charge in [-0.2, -0.15) is 0 Å². The van der Waals surface area contributed by atoms with Crippen LogP contribution in [0.1, 0.15) is 32.8 Å². The van der Waals surface area contributed by atoms with Gasteiger partial charge in [0, 0.05) is 6.04 Å². The van der Waals surface area contributed by atoms with Crippen molar-refractivity contribution in [2.75, 3.05) is 13.7 Å². The van der Waals surface area contributed by atoms with Crippen LogP contribution in [0.2, 0.25) is 0 Å². The van der Waals surface area contributed by atoms with Crippen molar-refractivity contribution in [2.45, 2.75) is 45.3 Å². The standard InChI is InChI=1S/C18H25NO5/c1-18(2,3)24-17(21)19-15(14-9-10-23-16(14)20)11-12-5-7-13(22-4)8-6-12/h5-8,14-15H,9-11H2,1-4H3,(H,19,21)/t14?,15-/m0/s1. The molecule has 0 bridgehead atoms. The molecule has 1 aromatic carbocycles. The first-order valence-electron chi connectivity index (χ1n) is 8.07. The Morgan fingerprint density at radius 2 is 2.00 bits per heavy atom. The number of ether oxygens (including phenoxy) is 3. The molecule has 132 valence electrons. The van der Waals surface area contributed by atoms with E-state index in [1.54, 1.807) is 27.9 Å². The molecule has 1 fully saturated rings. The fourth-order valence-corrected chi connectivity index (χ4v) is 2.65. The molecular formula is C18H25NO5. The lowest BCUT2D eigenvalue weighted by Gasteiger charge is -2.25. The Kier molecular flexibility index (Phi) is 5.70. The van der Waals surface area contributed by atoms with Crippen LogP contribution in [0.4, 0.5) is 4.79 Å².